The van der Waals surface area contributed by atoms with E-state index < -0.39 is 5.82 Å². The molecule has 0 spiro atoms. The second kappa shape index (κ2) is 7.18. The summed E-state index contributed by atoms with van der Waals surface area (Å²) in [5, 5.41) is 12.3. The summed E-state index contributed by atoms with van der Waals surface area (Å²) in [7, 11) is 0. The first kappa shape index (κ1) is 20.5. The summed E-state index contributed by atoms with van der Waals surface area (Å²) in [5.41, 5.74) is 2.87. The first-order valence-electron chi connectivity index (χ1n) is 11.6. The fourth-order valence-electron chi connectivity index (χ4n) is 5.20. The summed E-state index contributed by atoms with van der Waals surface area (Å²) in [6.07, 6.45) is 5.81. The number of nitrogens with zero attached hydrogens (tertiary/aromatic N) is 5. The standard InChI is InChI=1S/C25H28FN7/c1-13-5-8-18-16(10-28-32-18)19(13)22-20(26)21-17(9-27-22)23(31-24(30-21)25(2,3)4)33-11-14-6-7-15(12-33)29-14/h5,8-10,14-15,29H,6-7,11-12H2,1-4H3,(H,28,32). The van der Waals surface area contributed by atoms with E-state index in [1.807, 2.05) is 19.1 Å². The maximum atomic E-state index is 16.2. The van der Waals surface area contributed by atoms with Crippen LogP contribution in [0.2, 0.25) is 0 Å². The van der Waals surface area contributed by atoms with Crippen molar-refractivity contribution in [3.05, 3.63) is 41.7 Å². The molecule has 7 nitrogen and oxygen atoms in total. The zero-order valence-electron chi connectivity index (χ0n) is 19.4. The molecule has 2 bridgehead atoms. The van der Waals surface area contributed by atoms with Gasteiger partial charge in [-0.3, -0.25) is 10.1 Å². The van der Waals surface area contributed by atoms with E-state index in [9.17, 15) is 0 Å². The van der Waals surface area contributed by atoms with Crippen LogP contribution in [0.25, 0.3) is 33.1 Å². The van der Waals surface area contributed by atoms with E-state index in [1.165, 1.54) is 12.8 Å². The van der Waals surface area contributed by atoms with Gasteiger partial charge in [0.15, 0.2) is 5.82 Å². The monoisotopic (exact) mass is 445 g/mol. The number of nitrogens with one attached hydrogen (secondary N) is 2. The fourth-order valence-corrected chi connectivity index (χ4v) is 5.20. The first-order valence-corrected chi connectivity index (χ1v) is 11.6. The number of aromatic amines is 1. The lowest BCUT2D eigenvalue weighted by atomic mass is 9.95. The van der Waals surface area contributed by atoms with Gasteiger partial charge in [-0.05, 0) is 31.4 Å². The van der Waals surface area contributed by atoms with Gasteiger partial charge in [-0.25, -0.2) is 14.4 Å². The first-order chi connectivity index (χ1) is 15.8. The second-order valence-corrected chi connectivity index (χ2v) is 10.4. The number of pyridine rings is 1. The van der Waals surface area contributed by atoms with E-state index in [2.05, 4.69) is 46.2 Å². The molecule has 8 heteroatoms. The van der Waals surface area contributed by atoms with Crippen LogP contribution < -0.4 is 10.2 Å². The van der Waals surface area contributed by atoms with Gasteiger partial charge in [0.25, 0.3) is 0 Å². The normalized spacial score (nSPS) is 20.8. The Balaban J connectivity index is 1.59. The molecule has 2 saturated heterocycles. The number of aromatic nitrogens is 5. The molecule has 2 fully saturated rings. The van der Waals surface area contributed by atoms with Crippen LogP contribution in [0.3, 0.4) is 0 Å². The average molecular weight is 446 g/mol. The Bertz CT molecular complexity index is 1380. The van der Waals surface area contributed by atoms with Gasteiger partial charge in [-0.1, -0.05) is 26.8 Å². The number of hydrogen-bond acceptors (Lipinski definition) is 6. The van der Waals surface area contributed by atoms with Gasteiger partial charge < -0.3 is 10.2 Å². The van der Waals surface area contributed by atoms with E-state index in [0.717, 1.165) is 40.9 Å². The number of halogens is 1. The predicted octanol–water partition coefficient (Wildman–Crippen LogP) is 4.25. The van der Waals surface area contributed by atoms with Crippen LogP contribution in [0.5, 0.6) is 0 Å². The molecule has 3 aromatic heterocycles. The molecule has 0 amide bonds. The maximum Gasteiger partial charge on any atom is 0.175 e. The highest BCUT2D eigenvalue weighted by atomic mass is 19.1. The van der Waals surface area contributed by atoms with Gasteiger partial charge >= 0.3 is 0 Å². The van der Waals surface area contributed by atoms with Gasteiger partial charge in [0.2, 0.25) is 0 Å². The van der Waals surface area contributed by atoms with Gasteiger partial charge in [0, 0.05) is 47.7 Å². The van der Waals surface area contributed by atoms with E-state index in [1.54, 1.807) is 12.4 Å². The van der Waals surface area contributed by atoms with E-state index >= 15 is 4.39 Å². The van der Waals surface area contributed by atoms with Crippen molar-refractivity contribution in [2.24, 2.45) is 0 Å². The number of hydrogen-bond donors (Lipinski definition) is 2. The Morgan fingerprint density at radius 1 is 1.03 bits per heavy atom. The molecule has 2 aliphatic heterocycles. The van der Waals surface area contributed by atoms with E-state index in [-0.39, 0.29) is 5.41 Å². The van der Waals surface area contributed by atoms with Crippen LogP contribution in [0, 0.1) is 12.7 Å². The highest BCUT2D eigenvalue weighted by Gasteiger charge is 2.34. The molecule has 33 heavy (non-hydrogen) atoms. The summed E-state index contributed by atoms with van der Waals surface area (Å²) in [6.45, 7) is 9.89. The zero-order valence-corrected chi connectivity index (χ0v) is 19.4. The van der Waals surface area contributed by atoms with E-state index in [0.29, 0.717) is 34.5 Å². The Hall–Kier alpha value is -3.13. The molecule has 4 aromatic rings. The minimum atomic E-state index is -0.406. The van der Waals surface area contributed by atoms with Crippen molar-refractivity contribution in [1.82, 2.24) is 30.5 Å². The number of benzene rings is 1. The van der Waals surface area contributed by atoms with Crippen molar-refractivity contribution in [2.45, 2.75) is 58.0 Å². The molecule has 0 aliphatic carbocycles. The van der Waals surface area contributed by atoms with Gasteiger partial charge in [-0.15, -0.1) is 0 Å². The quantitative estimate of drug-likeness (QED) is 0.480. The molecule has 2 N–H and O–H groups in total. The molecular weight excluding hydrogens is 417 g/mol. The van der Waals surface area contributed by atoms with Crippen LogP contribution >= 0.6 is 0 Å². The Morgan fingerprint density at radius 3 is 2.52 bits per heavy atom. The molecule has 0 radical (unpaired) electrons. The number of fused-ring (bicyclic) bond motifs is 4. The van der Waals surface area contributed by atoms with Crippen LogP contribution in [-0.4, -0.2) is 50.3 Å². The summed E-state index contributed by atoms with van der Waals surface area (Å²) in [5.74, 6) is 1.03. The molecule has 2 aliphatic rings. The molecule has 0 saturated carbocycles. The summed E-state index contributed by atoms with van der Waals surface area (Å²) in [4.78, 5) is 16.6. The Labute approximate surface area is 191 Å². The third-order valence-electron chi connectivity index (χ3n) is 6.92. The zero-order chi connectivity index (χ0) is 22.9. The molecular formula is C25H28FN7. The van der Waals surface area contributed by atoms with Crippen LogP contribution in [0.4, 0.5) is 10.2 Å². The van der Waals surface area contributed by atoms with Crippen LogP contribution in [-0.2, 0) is 5.41 Å². The summed E-state index contributed by atoms with van der Waals surface area (Å²) in [6, 6.07) is 4.82. The third-order valence-corrected chi connectivity index (χ3v) is 6.92. The third kappa shape index (κ3) is 3.27. The number of piperazine rings is 1. The van der Waals surface area contributed by atoms with Gasteiger partial charge in [0.1, 0.15) is 22.9 Å². The lowest BCUT2D eigenvalue weighted by Gasteiger charge is -2.35. The van der Waals surface area contributed by atoms with E-state index in [4.69, 9.17) is 9.97 Å². The van der Waals surface area contributed by atoms with Crippen molar-refractivity contribution in [1.29, 1.82) is 0 Å². The molecule has 1 aromatic carbocycles. The molecule has 2 atom stereocenters. The molecule has 5 heterocycles. The summed E-state index contributed by atoms with van der Waals surface area (Å²) < 4.78 is 16.2. The highest BCUT2D eigenvalue weighted by molar-refractivity contribution is 5.98. The number of rotatable bonds is 2. The van der Waals surface area contributed by atoms with Crippen LogP contribution in [0.15, 0.2) is 24.5 Å². The number of aryl methyl sites for hydroxylation is 1. The fraction of sp³-hybridized carbons (Fsp3) is 0.440. The van der Waals surface area contributed by atoms with Crippen molar-refractivity contribution >= 4 is 27.6 Å². The maximum absolute atomic E-state index is 16.2. The van der Waals surface area contributed by atoms with Crippen molar-refractivity contribution < 1.29 is 4.39 Å². The summed E-state index contributed by atoms with van der Waals surface area (Å²) >= 11 is 0. The minimum Gasteiger partial charge on any atom is -0.353 e. The number of anilines is 1. The van der Waals surface area contributed by atoms with Crippen molar-refractivity contribution in [3.8, 4) is 11.3 Å². The van der Waals surface area contributed by atoms with Gasteiger partial charge in [0.05, 0.1) is 17.1 Å². The predicted molar refractivity (Wildman–Crippen MR) is 128 cm³/mol. The number of H-pyrrole nitrogens is 1. The van der Waals surface area contributed by atoms with Crippen molar-refractivity contribution in [3.63, 3.8) is 0 Å². The molecule has 6 rings (SSSR count). The average Bonchev–Trinajstić information content (AvgIpc) is 3.39. The van der Waals surface area contributed by atoms with Crippen molar-refractivity contribution in [2.75, 3.05) is 18.0 Å². The second-order valence-electron chi connectivity index (χ2n) is 10.4. The van der Waals surface area contributed by atoms with Crippen LogP contribution in [0.1, 0.15) is 45.0 Å². The van der Waals surface area contributed by atoms with Gasteiger partial charge in [-0.2, -0.15) is 5.10 Å². The minimum absolute atomic E-state index is 0.303. The molecule has 2 unspecified atom stereocenters. The largest absolute Gasteiger partial charge is 0.353 e. The lowest BCUT2D eigenvalue weighted by Crippen LogP contribution is -2.51. The smallest absolute Gasteiger partial charge is 0.175 e. The molecule has 170 valence electrons. The highest BCUT2D eigenvalue weighted by Crippen LogP contribution is 2.37. The Kier molecular flexibility index (Phi) is 4.46. The lowest BCUT2D eigenvalue weighted by molar-refractivity contribution is 0.462. The topological polar surface area (TPSA) is 82.6 Å². The SMILES string of the molecule is Cc1ccc2[nH]ncc2c1-c1ncc2c(N3CC4CCC(C3)N4)nc(C(C)(C)C)nc2c1F. The Morgan fingerprint density at radius 2 is 1.79 bits per heavy atom.